The van der Waals surface area contributed by atoms with Crippen molar-refractivity contribution in [3.05, 3.63) is 58.4 Å². The quantitative estimate of drug-likeness (QED) is 0.680. The molecule has 1 atom stereocenters. The van der Waals surface area contributed by atoms with Crippen LogP contribution in [0.3, 0.4) is 0 Å². The van der Waals surface area contributed by atoms with Crippen LogP contribution in [0, 0.1) is 15.9 Å². The van der Waals surface area contributed by atoms with Gasteiger partial charge in [-0.25, -0.2) is 8.60 Å². The van der Waals surface area contributed by atoms with Crippen molar-refractivity contribution < 1.29 is 18.3 Å². The van der Waals surface area contributed by atoms with Crippen molar-refractivity contribution in [3.63, 3.8) is 0 Å². The summed E-state index contributed by atoms with van der Waals surface area (Å²) in [6.45, 7) is 0. The summed E-state index contributed by atoms with van der Waals surface area (Å²) >= 11 is 0. The van der Waals surface area contributed by atoms with Crippen LogP contribution in [0.5, 0.6) is 5.75 Å². The van der Waals surface area contributed by atoms with Gasteiger partial charge in [-0.1, -0.05) is 0 Å². The molecule has 110 valence electrons. The first kappa shape index (κ1) is 14.9. The molecule has 2 aromatic rings. The van der Waals surface area contributed by atoms with Crippen LogP contribution in [-0.2, 0) is 11.0 Å². The van der Waals surface area contributed by atoms with Crippen molar-refractivity contribution in [2.75, 3.05) is 11.8 Å². The molecule has 0 aromatic heterocycles. The van der Waals surface area contributed by atoms with Gasteiger partial charge in [0, 0.05) is 17.8 Å². The van der Waals surface area contributed by atoms with Crippen molar-refractivity contribution in [2.24, 2.45) is 0 Å². The smallest absolute Gasteiger partial charge is 0.270 e. The summed E-state index contributed by atoms with van der Waals surface area (Å²) in [5.41, 5.74) is 0.225. The molecule has 0 saturated carbocycles. The van der Waals surface area contributed by atoms with Gasteiger partial charge in [-0.2, -0.15) is 0 Å². The number of rotatable bonds is 5. The van der Waals surface area contributed by atoms with Crippen LogP contribution in [0.25, 0.3) is 0 Å². The summed E-state index contributed by atoms with van der Waals surface area (Å²) in [7, 11) is -0.406. The first-order valence-corrected chi connectivity index (χ1v) is 6.92. The minimum Gasteiger partial charge on any atom is -0.495 e. The molecule has 1 N–H and O–H groups in total. The molecule has 0 saturated heterocycles. The van der Waals surface area contributed by atoms with E-state index in [1.165, 1.54) is 49.6 Å². The van der Waals surface area contributed by atoms with E-state index in [9.17, 15) is 18.7 Å². The second kappa shape index (κ2) is 6.31. The Balaban J connectivity index is 2.30. The minimum absolute atomic E-state index is 0.135. The van der Waals surface area contributed by atoms with Gasteiger partial charge >= 0.3 is 0 Å². The predicted molar refractivity (Wildman–Crippen MR) is 76.1 cm³/mol. The second-order valence-electron chi connectivity index (χ2n) is 3.97. The van der Waals surface area contributed by atoms with Crippen LogP contribution < -0.4 is 9.46 Å². The van der Waals surface area contributed by atoms with Crippen LogP contribution in [0.15, 0.2) is 47.4 Å². The number of nitrogens with one attached hydrogen (secondary N) is 1. The Hall–Kier alpha value is -2.48. The maximum atomic E-state index is 12.8. The number of methoxy groups -OCH3 is 1. The lowest BCUT2D eigenvalue weighted by molar-refractivity contribution is -0.385. The lowest BCUT2D eigenvalue weighted by Crippen LogP contribution is -2.07. The summed E-state index contributed by atoms with van der Waals surface area (Å²) in [6, 6.07) is 9.06. The van der Waals surface area contributed by atoms with E-state index in [0.717, 1.165) is 0 Å². The Labute approximate surface area is 122 Å². The molecule has 0 radical (unpaired) electrons. The normalized spacial score (nSPS) is 11.7. The van der Waals surface area contributed by atoms with Gasteiger partial charge in [0.25, 0.3) is 5.69 Å². The number of nitrogens with zero attached hydrogens (tertiary/aromatic N) is 1. The molecular formula is C13H11FN2O4S. The maximum Gasteiger partial charge on any atom is 0.270 e. The van der Waals surface area contributed by atoms with Crippen molar-refractivity contribution >= 4 is 22.4 Å². The first-order valence-electron chi connectivity index (χ1n) is 5.77. The third kappa shape index (κ3) is 3.54. The molecule has 0 amide bonds. The second-order valence-corrected chi connectivity index (χ2v) is 5.15. The standard InChI is InChI=1S/C13H11FN2O4S/c1-20-12-7-6-11(16(17)18)8-13(12)21(19)15-10-4-2-9(14)3-5-10/h2-8,15H,1H3. The van der Waals surface area contributed by atoms with Crippen molar-refractivity contribution in [3.8, 4) is 5.75 Å². The van der Waals surface area contributed by atoms with Gasteiger partial charge in [0.2, 0.25) is 0 Å². The van der Waals surface area contributed by atoms with Gasteiger partial charge in [-0.05, 0) is 30.3 Å². The van der Waals surface area contributed by atoms with E-state index in [2.05, 4.69) is 4.72 Å². The number of nitro groups is 1. The molecule has 0 bridgehead atoms. The number of nitro benzene ring substituents is 1. The number of benzene rings is 2. The average Bonchev–Trinajstić information content (AvgIpc) is 2.48. The van der Waals surface area contributed by atoms with Crippen LogP contribution in [0.1, 0.15) is 0 Å². The molecule has 2 rings (SSSR count). The molecule has 0 aliphatic rings. The molecule has 21 heavy (non-hydrogen) atoms. The molecule has 0 aliphatic carbocycles. The molecule has 0 heterocycles. The predicted octanol–water partition coefficient (Wildman–Crippen LogP) is 2.88. The zero-order valence-electron chi connectivity index (χ0n) is 10.9. The minimum atomic E-state index is -1.78. The number of halogens is 1. The van der Waals surface area contributed by atoms with Crippen molar-refractivity contribution in [1.82, 2.24) is 0 Å². The number of non-ortho nitro benzene ring substituents is 1. The van der Waals surface area contributed by atoms with Gasteiger partial charge in [0.1, 0.15) is 16.5 Å². The number of hydrogen-bond donors (Lipinski definition) is 1. The zero-order chi connectivity index (χ0) is 15.4. The molecule has 0 fully saturated rings. The van der Waals surface area contributed by atoms with Crippen molar-refractivity contribution in [2.45, 2.75) is 4.90 Å². The highest BCUT2D eigenvalue weighted by molar-refractivity contribution is 7.86. The summed E-state index contributed by atoms with van der Waals surface area (Å²) < 4.78 is 32.7. The number of anilines is 1. The monoisotopic (exact) mass is 310 g/mol. The van der Waals surface area contributed by atoms with Gasteiger partial charge in [0.05, 0.1) is 12.0 Å². The summed E-state index contributed by atoms with van der Waals surface area (Å²) in [4.78, 5) is 10.3. The number of ether oxygens (including phenoxy) is 1. The van der Waals surface area contributed by atoms with Crippen LogP contribution >= 0.6 is 0 Å². The Morgan fingerprint density at radius 2 is 1.90 bits per heavy atom. The topological polar surface area (TPSA) is 81.5 Å². The Morgan fingerprint density at radius 1 is 1.24 bits per heavy atom. The molecule has 0 spiro atoms. The highest BCUT2D eigenvalue weighted by Gasteiger charge is 2.16. The largest absolute Gasteiger partial charge is 0.495 e. The van der Waals surface area contributed by atoms with Crippen molar-refractivity contribution in [1.29, 1.82) is 0 Å². The van der Waals surface area contributed by atoms with E-state index in [-0.39, 0.29) is 16.3 Å². The van der Waals surface area contributed by atoms with E-state index in [4.69, 9.17) is 4.74 Å². The summed E-state index contributed by atoms with van der Waals surface area (Å²) in [6.07, 6.45) is 0. The van der Waals surface area contributed by atoms with Crippen LogP contribution in [0.2, 0.25) is 0 Å². The fourth-order valence-corrected chi connectivity index (χ4v) is 2.63. The highest BCUT2D eigenvalue weighted by atomic mass is 32.2. The average molecular weight is 310 g/mol. The number of hydrogen-bond acceptors (Lipinski definition) is 4. The van der Waals surface area contributed by atoms with E-state index >= 15 is 0 Å². The van der Waals surface area contributed by atoms with Gasteiger partial charge in [-0.3, -0.25) is 10.1 Å². The fourth-order valence-electron chi connectivity index (χ4n) is 1.60. The van der Waals surface area contributed by atoms with E-state index in [1.807, 2.05) is 0 Å². The molecule has 1 unspecified atom stereocenters. The fraction of sp³-hybridized carbons (Fsp3) is 0.0769. The van der Waals surface area contributed by atoms with Crippen LogP contribution in [0.4, 0.5) is 15.8 Å². The first-order chi connectivity index (χ1) is 10.0. The third-order valence-corrected chi connectivity index (χ3v) is 3.75. The molecule has 2 aromatic carbocycles. The lowest BCUT2D eigenvalue weighted by atomic mass is 10.3. The Bertz CT molecular complexity index is 691. The Morgan fingerprint density at radius 3 is 2.48 bits per heavy atom. The third-order valence-electron chi connectivity index (χ3n) is 2.61. The zero-order valence-corrected chi connectivity index (χ0v) is 11.7. The molecular weight excluding hydrogens is 299 g/mol. The van der Waals surface area contributed by atoms with E-state index in [1.54, 1.807) is 0 Å². The van der Waals surface area contributed by atoms with Crippen LogP contribution in [-0.4, -0.2) is 16.2 Å². The van der Waals surface area contributed by atoms with E-state index in [0.29, 0.717) is 5.69 Å². The molecule has 0 aliphatic heterocycles. The summed E-state index contributed by atoms with van der Waals surface area (Å²) in [5.74, 6) is -0.159. The SMILES string of the molecule is COc1ccc([N+](=O)[O-])cc1S(=O)Nc1ccc(F)cc1. The lowest BCUT2D eigenvalue weighted by Gasteiger charge is -2.09. The van der Waals surface area contributed by atoms with Gasteiger partial charge < -0.3 is 9.46 Å². The van der Waals surface area contributed by atoms with Gasteiger partial charge in [0.15, 0.2) is 11.0 Å². The maximum absolute atomic E-state index is 12.8. The summed E-state index contributed by atoms with van der Waals surface area (Å²) in [5, 5.41) is 10.8. The molecule has 8 heteroatoms. The van der Waals surface area contributed by atoms with Gasteiger partial charge in [-0.15, -0.1) is 0 Å². The van der Waals surface area contributed by atoms with E-state index < -0.39 is 21.7 Å². The highest BCUT2D eigenvalue weighted by Crippen LogP contribution is 2.27. The Kier molecular flexibility index (Phi) is 4.49. The molecule has 6 nitrogen and oxygen atoms in total.